The molecule has 0 spiro atoms. The van der Waals surface area contributed by atoms with Gasteiger partial charge >= 0.3 is 0 Å². The van der Waals surface area contributed by atoms with Crippen molar-refractivity contribution in [3.63, 3.8) is 0 Å². The molecule has 0 aliphatic heterocycles. The van der Waals surface area contributed by atoms with E-state index in [-0.39, 0.29) is 15.1 Å². The maximum absolute atomic E-state index is 12.4. The Morgan fingerprint density at radius 3 is 2.70 bits per heavy atom. The average molecular weight is 393 g/mol. The predicted molar refractivity (Wildman–Crippen MR) is 85.3 cm³/mol. The van der Waals surface area contributed by atoms with Crippen LogP contribution in [0.3, 0.4) is 0 Å². The topological polar surface area (TPSA) is 46.2 Å². The molecule has 1 aromatic carbocycles. The maximum Gasteiger partial charge on any atom is 0.250 e. The highest BCUT2D eigenvalue weighted by Crippen LogP contribution is 2.37. The fourth-order valence-corrected chi connectivity index (χ4v) is 6.05. The highest BCUT2D eigenvalue weighted by molar-refractivity contribution is 9.09. The third-order valence-electron chi connectivity index (χ3n) is 3.26. The average Bonchev–Trinajstić information content (AvgIpc) is 2.95. The van der Waals surface area contributed by atoms with E-state index in [4.69, 9.17) is 11.6 Å². The molecule has 3 nitrogen and oxygen atoms in total. The molecule has 3 rings (SSSR count). The molecule has 0 fully saturated rings. The zero-order valence-electron chi connectivity index (χ0n) is 10.2. The number of benzene rings is 1. The van der Waals surface area contributed by atoms with Crippen LogP contribution in [0.2, 0.25) is 4.34 Å². The number of hydrogen-bond acceptors (Lipinski definition) is 3. The summed E-state index contributed by atoms with van der Waals surface area (Å²) in [5, 5.41) is 0. The Labute approximate surface area is 135 Å². The van der Waals surface area contributed by atoms with Crippen molar-refractivity contribution in [1.82, 2.24) is 4.72 Å². The molecule has 1 aliphatic rings. The molecule has 0 amide bonds. The van der Waals surface area contributed by atoms with E-state index < -0.39 is 10.0 Å². The summed E-state index contributed by atoms with van der Waals surface area (Å²) in [7, 11) is -3.54. The smallest absolute Gasteiger partial charge is 0.206 e. The lowest BCUT2D eigenvalue weighted by atomic mass is 10.1. The molecule has 0 saturated carbocycles. The van der Waals surface area contributed by atoms with Gasteiger partial charge in [-0.3, -0.25) is 0 Å². The third kappa shape index (κ3) is 2.67. The molecule has 0 bridgehead atoms. The number of sulfonamides is 1. The van der Waals surface area contributed by atoms with Crippen molar-refractivity contribution >= 4 is 48.9 Å². The molecule has 1 heterocycles. The van der Waals surface area contributed by atoms with Crippen LogP contribution in [0.25, 0.3) is 0 Å². The van der Waals surface area contributed by atoms with Crippen LogP contribution in [0.1, 0.15) is 17.2 Å². The van der Waals surface area contributed by atoms with Gasteiger partial charge in [-0.15, -0.1) is 11.3 Å². The first kappa shape index (κ1) is 14.5. The highest BCUT2D eigenvalue weighted by Gasteiger charge is 2.34. The molecule has 106 valence electrons. The summed E-state index contributed by atoms with van der Waals surface area (Å²) >= 11 is 10.4. The van der Waals surface area contributed by atoms with E-state index >= 15 is 0 Å². The normalized spacial score (nSPS) is 21.9. The number of thiophene rings is 1. The van der Waals surface area contributed by atoms with Crippen LogP contribution >= 0.6 is 38.9 Å². The summed E-state index contributed by atoms with van der Waals surface area (Å²) in [6.07, 6.45) is 0.814. The van der Waals surface area contributed by atoms with E-state index in [0.717, 1.165) is 23.3 Å². The summed E-state index contributed by atoms with van der Waals surface area (Å²) < 4.78 is 28.2. The van der Waals surface area contributed by atoms with Crippen LogP contribution < -0.4 is 4.72 Å². The van der Waals surface area contributed by atoms with Gasteiger partial charge in [-0.25, -0.2) is 13.1 Å². The fraction of sp³-hybridized carbons (Fsp3) is 0.231. The summed E-state index contributed by atoms with van der Waals surface area (Å²) in [5.74, 6) is 0. The number of alkyl halides is 1. The van der Waals surface area contributed by atoms with Crippen molar-refractivity contribution in [1.29, 1.82) is 0 Å². The van der Waals surface area contributed by atoms with Crippen LogP contribution in [-0.4, -0.2) is 13.2 Å². The van der Waals surface area contributed by atoms with Crippen molar-refractivity contribution in [2.75, 3.05) is 0 Å². The van der Waals surface area contributed by atoms with Crippen LogP contribution in [0.15, 0.2) is 40.6 Å². The number of nitrogens with one attached hydrogen (secondary N) is 1. The summed E-state index contributed by atoms with van der Waals surface area (Å²) in [6, 6.07) is 10.7. The number of rotatable bonds is 3. The largest absolute Gasteiger partial charge is 0.250 e. The second-order valence-electron chi connectivity index (χ2n) is 4.58. The minimum absolute atomic E-state index is 0.0603. The summed E-state index contributed by atoms with van der Waals surface area (Å²) in [6.45, 7) is 0. The molecule has 0 radical (unpaired) electrons. The van der Waals surface area contributed by atoms with Crippen molar-refractivity contribution in [2.45, 2.75) is 21.5 Å². The molecule has 1 N–H and O–H groups in total. The Morgan fingerprint density at radius 1 is 1.25 bits per heavy atom. The van der Waals surface area contributed by atoms with Gasteiger partial charge in [0.2, 0.25) is 0 Å². The van der Waals surface area contributed by atoms with Crippen molar-refractivity contribution in [3.05, 3.63) is 51.9 Å². The van der Waals surface area contributed by atoms with E-state index in [0.29, 0.717) is 4.34 Å². The molecule has 1 aliphatic carbocycles. The minimum atomic E-state index is -3.54. The number of halogens is 2. The van der Waals surface area contributed by atoms with Crippen LogP contribution in [0.5, 0.6) is 0 Å². The SMILES string of the molecule is O=S(=O)(NC1c2ccccc2CC1Br)c1ccc(Cl)s1. The summed E-state index contributed by atoms with van der Waals surface area (Å²) in [5.41, 5.74) is 2.20. The van der Waals surface area contributed by atoms with Crippen LogP contribution in [0.4, 0.5) is 0 Å². The zero-order valence-corrected chi connectivity index (χ0v) is 14.2. The molecule has 0 saturated heterocycles. The molecule has 7 heteroatoms. The van der Waals surface area contributed by atoms with E-state index in [1.807, 2.05) is 24.3 Å². The molecular weight excluding hydrogens is 382 g/mol. The Bertz CT molecular complexity index is 744. The zero-order chi connectivity index (χ0) is 14.3. The van der Waals surface area contributed by atoms with Gasteiger partial charge in [-0.05, 0) is 29.7 Å². The van der Waals surface area contributed by atoms with Crippen molar-refractivity contribution in [3.8, 4) is 0 Å². The second kappa shape index (κ2) is 5.42. The van der Waals surface area contributed by atoms with Crippen molar-refractivity contribution < 1.29 is 8.42 Å². The predicted octanol–water partition coefficient (Wildman–Crippen LogP) is 3.74. The van der Waals surface area contributed by atoms with Gasteiger partial charge in [-0.2, -0.15) is 0 Å². The lowest BCUT2D eigenvalue weighted by molar-refractivity contribution is 0.561. The number of hydrogen-bond donors (Lipinski definition) is 1. The van der Waals surface area contributed by atoms with E-state index in [2.05, 4.69) is 20.7 Å². The molecule has 20 heavy (non-hydrogen) atoms. The van der Waals surface area contributed by atoms with Gasteiger partial charge in [0, 0.05) is 4.83 Å². The molecular formula is C13H11BrClNO2S2. The first-order chi connectivity index (χ1) is 9.47. The quantitative estimate of drug-likeness (QED) is 0.809. The maximum atomic E-state index is 12.4. The Kier molecular flexibility index (Phi) is 3.94. The molecule has 2 atom stereocenters. The lowest BCUT2D eigenvalue weighted by Crippen LogP contribution is -2.31. The van der Waals surface area contributed by atoms with E-state index in [1.165, 1.54) is 11.6 Å². The highest BCUT2D eigenvalue weighted by atomic mass is 79.9. The van der Waals surface area contributed by atoms with Crippen LogP contribution in [-0.2, 0) is 16.4 Å². The molecule has 2 aromatic rings. The van der Waals surface area contributed by atoms with Gasteiger partial charge in [0.05, 0.1) is 10.4 Å². The first-order valence-corrected chi connectivity index (χ1v) is 9.56. The second-order valence-corrected chi connectivity index (χ2v) is 9.41. The standard InChI is InChI=1S/C13H11BrClNO2S2/c14-10-7-8-3-1-2-4-9(8)13(10)16-20(17,18)12-6-5-11(15)19-12/h1-6,10,13,16H,7H2. The van der Waals surface area contributed by atoms with E-state index in [9.17, 15) is 8.42 Å². The Balaban J connectivity index is 1.92. The molecule has 1 aromatic heterocycles. The molecule has 2 unspecified atom stereocenters. The van der Waals surface area contributed by atoms with Crippen molar-refractivity contribution in [2.24, 2.45) is 0 Å². The van der Waals surface area contributed by atoms with Crippen LogP contribution in [0, 0.1) is 0 Å². The van der Waals surface area contributed by atoms with Gasteiger partial charge in [-0.1, -0.05) is 51.8 Å². The first-order valence-electron chi connectivity index (χ1n) is 5.97. The lowest BCUT2D eigenvalue weighted by Gasteiger charge is -2.17. The summed E-state index contributed by atoms with van der Waals surface area (Å²) in [4.78, 5) is 0.0603. The van der Waals surface area contributed by atoms with Gasteiger partial charge in [0.15, 0.2) is 0 Å². The third-order valence-corrected chi connectivity index (χ3v) is 7.28. The monoisotopic (exact) mass is 391 g/mol. The fourth-order valence-electron chi connectivity index (χ4n) is 2.35. The van der Waals surface area contributed by atoms with Gasteiger partial charge in [0.1, 0.15) is 4.21 Å². The van der Waals surface area contributed by atoms with Gasteiger partial charge < -0.3 is 0 Å². The Hall–Kier alpha value is -0.400. The number of fused-ring (bicyclic) bond motifs is 1. The Morgan fingerprint density at radius 2 is 2.00 bits per heavy atom. The van der Waals surface area contributed by atoms with Gasteiger partial charge in [0.25, 0.3) is 10.0 Å². The minimum Gasteiger partial charge on any atom is -0.206 e. The van der Waals surface area contributed by atoms with E-state index in [1.54, 1.807) is 6.07 Å².